The van der Waals surface area contributed by atoms with E-state index in [1.165, 1.54) is 6.92 Å². The third kappa shape index (κ3) is 26.5. The lowest BCUT2D eigenvalue weighted by Crippen LogP contribution is -2.34. The molecule has 0 aromatic carbocycles. The van der Waals surface area contributed by atoms with Gasteiger partial charge in [-0.25, -0.2) is 4.79 Å². The molecule has 32 heavy (non-hydrogen) atoms. The van der Waals surface area contributed by atoms with Crippen molar-refractivity contribution in [1.29, 1.82) is 0 Å². The van der Waals surface area contributed by atoms with E-state index < -0.39 is 11.7 Å². The standard InChI is InChI=1S/C21H41NO10/c1-19(23)31-18-17-30-16-15-29-14-13-28-12-11-27-10-9-26-8-7-25-6-5-22-20(24)32-21(2,3)4/h5-18H2,1-4H3,(H,22,24). The van der Waals surface area contributed by atoms with Crippen molar-refractivity contribution in [3.05, 3.63) is 0 Å². The molecule has 11 nitrogen and oxygen atoms in total. The topological polar surface area (TPSA) is 120 Å². The molecule has 11 heteroatoms. The van der Waals surface area contributed by atoms with Crippen molar-refractivity contribution in [2.45, 2.75) is 33.3 Å². The number of alkyl carbamates (subject to hydrolysis) is 1. The van der Waals surface area contributed by atoms with Gasteiger partial charge in [0.25, 0.3) is 0 Å². The molecule has 0 aliphatic carbocycles. The minimum absolute atomic E-state index is 0.256. The summed E-state index contributed by atoms with van der Waals surface area (Å²) in [5.41, 5.74) is -0.507. The Morgan fingerprint density at radius 2 is 0.938 bits per heavy atom. The van der Waals surface area contributed by atoms with E-state index in [4.69, 9.17) is 37.9 Å². The number of amides is 1. The molecule has 0 heterocycles. The first kappa shape index (κ1) is 30.5. The number of hydrogen-bond acceptors (Lipinski definition) is 10. The Morgan fingerprint density at radius 3 is 1.28 bits per heavy atom. The second-order valence-corrected chi connectivity index (χ2v) is 7.44. The van der Waals surface area contributed by atoms with Gasteiger partial charge in [-0.1, -0.05) is 0 Å². The lowest BCUT2D eigenvalue weighted by Gasteiger charge is -2.19. The normalized spacial score (nSPS) is 11.4. The average Bonchev–Trinajstić information content (AvgIpc) is 2.70. The Hall–Kier alpha value is -1.50. The Balaban J connectivity index is 3.12. The summed E-state index contributed by atoms with van der Waals surface area (Å²) in [6.45, 7) is 12.9. The van der Waals surface area contributed by atoms with Gasteiger partial charge in [-0.15, -0.1) is 0 Å². The molecule has 1 N–H and O–H groups in total. The highest BCUT2D eigenvalue weighted by Crippen LogP contribution is 2.05. The molecular weight excluding hydrogens is 426 g/mol. The molecule has 0 radical (unpaired) electrons. The molecule has 0 saturated carbocycles. The lowest BCUT2D eigenvalue weighted by atomic mass is 10.2. The highest BCUT2D eigenvalue weighted by Gasteiger charge is 2.15. The fraction of sp³-hybridized carbons (Fsp3) is 0.905. The van der Waals surface area contributed by atoms with Gasteiger partial charge in [0.1, 0.15) is 12.2 Å². The van der Waals surface area contributed by atoms with Crippen LogP contribution in [-0.2, 0) is 42.7 Å². The highest BCUT2D eigenvalue weighted by molar-refractivity contribution is 5.67. The van der Waals surface area contributed by atoms with Crippen molar-refractivity contribution in [2.24, 2.45) is 0 Å². The van der Waals surface area contributed by atoms with Gasteiger partial charge >= 0.3 is 12.1 Å². The molecule has 0 saturated heterocycles. The van der Waals surface area contributed by atoms with Gasteiger partial charge in [0, 0.05) is 13.5 Å². The smallest absolute Gasteiger partial charge is 0.407 e. The summed E-state index contributed by atoms with van der Waals surface area (Å²) in [5, 5.41) is 2.62. The van der Waals surface area contributed by atoms with Gasteiger partial charge in [-0.05, 0) is 20.8 Å². The molecule has 190 valence electrons. The van der Waals surface area contributed by atoms with Gasteiger partial charge < -0.3 is 43.2 Å². The fourth-order valence-corrected chi connectivity index (χ4v) is 1.99. The SMILES string of the molecule is CC(=O)OCCOCCOCCOCCOCCOCCOCCNC(=O)OC(C)(C)C. The van der Waals surface area contributed by atoms with Crippen LogP contribution in [0.15, 0.2) is 0 Å². The van der Waals surface area contributed by atoms with Gasteiger partial charge in [0.15, 0.2) is 0 Å². The number of nitrogens with one attached hydrogen (secondary N) is 1. The Bertz CT molecular complexity index is 456. The van der Waals surface area contributed by atoms with Gasteiger partial charge in [0.2, 0.25) is 0 Å². The summed E-state index contributed by atoms with van der Waals surface area (Å²) in [6, 6.07) is 0. The maximum Gasteiger partial charge on any atom is 0.407 e. The van der Waals surface area contributed by atoms with E-state index in [9.17, 15) is 9.59 Å². The molecule has 0 fully saturated rings. The molecule has 0 bridgehead atoms. The number of carbonyl (C=O) groups excluding carboxylic acids is 2. The second-order valence-electron chi connectivity index (χ2n) is 7.44. The fourth-order valence-electron chi connectivity index (χ4n) is 1.99. The van der Waals surface area contributed by atoms with Crippen LogP contribution >= 0.6 is 0 Å². The predicted molar refractivity (Wildman–Crippen MR) is 116 cm³/mol. The summed E-state index contributed by atoms with van der Waals surface area (Å²) in [4.78, 5) is 22.0. The van der Waals surface area contributed by atoms with Crippen LogP contribution in [0.5, 0.6) is 0 Å². The predicted octanol–water partition coefficient (Wildman–Crippen LogP) is 1.17. The maximum atomic E-state index is 11.4. The Morgan fingerprint density at radius 1 is 0.594 bits per heavy atom. The summed E-state index contributed by atoms with van der Waals surface area (Å²) >= 11 is 0. The molecule has 0 unspecified atom stereocenters. The summed E-state index contributed by atoms with van der Waals surface area (Å²) in [5.74, 6) is -0.314. The second kappa shape index (κ2) is 21.4. The third-order valence-corrected chi connectivity index (χ3v) is 3.31. The molecule has 0 aliphatic heterocycles. The van der Waals surface area contributed by atoms with Crippen molar-refractivity contribution in [3.63, 3.8) is 0 Å². The van der Waals surface area contributed by atoms with Crippen LogP contribution in [0, 0.1) is 0 Å². The zero-order valence-electron chi connectivity index (χ0n) is 20.0. The molecular formula is C21H41NO10. The Kier molecular flexibility index (Phi) is 20.4. The first-order chi connectivity index (χ1) is 15.3. The largest absolute Gasteiger partial charge is 0.463 e. The van der Waals surface area contributed by atoms with Crippen LogP contribution in [0.25, 0.3) is 0 Å². The molecule has 0 aromatic heterocycles. The number of hydrogen-bond donors (Lipinski definition) is 1. The van der Waals surface area contributed by atoms with E-state index >= 15 is 0 Å². The first-order valence-electron chi connectivity index (χ1n) is 10.9. The molecule has 0 rings (SSSR count). The van der Waals surface area contributed by atoms with Crippen LogP contribution in [0.2, 0.25) is 0 Å². The molecule has 0 aliphatic rings. The van der Waals surface area contributed by atoms with Crippen LogP contribution in [0.3, 0.4) is 0 Å². The minimum Gasteiger partial charge on any atom is -0.463 e. The van der Waals surface area contributed by atoms with Crippen LogP contribution < -0.4 is 5.32 Å². The van der Waals surface area contributed by atoms with E-state index in [2.05, 4.69) is 5.32 Å². The van der Waals surface area contributed by atoms with Crippen molar-refractivity contribution in [3.8, 4) is 0 Å². The van der Waals surface area contributed by atoms with Gasteiger partial charge in [-0.2, -0.15) is 0 Å². The van der Waals surface area contributed by atoms with E-state index in [0.29, 0.717) is 85.8 Å². The quantitative estimate of drug-likeness (QED) is 0.195. The van der Waals surface area contributed by atoms with E-state index in [-0.39, 0.29) is 12.6 Å². The number of rotatable bonds is 21. The van der Waals surface area contributed by atoms with E-state index in [0.717, 1.165) is 0 Å². The molecule has 1 amide bonds. The van der Waals surface area contributed by atoms with Crippen molar-refractivity contribution in [2.75, 3.05) is 92.4 Å². The average molecular weight is 468 g/mol. The van der Waals surface area contributed by atoms with Crippen molar-refractivity contribution >= 4 is 12.1 Å². The zero-order chi connectivity index (χ0) is 23.9. The van der Waals surface area contributed by atoms with Gasteiger partial charge in [0.05, 0.1) is 79.3 Å². The van der Waals surface area contributed by atoms with Gasteiger partial charge in [-0.3, -0.25) is 4.79 Å². The highest BCUT2D eigenvalue weighted by atomic mass is 16.6. The summed E-state index contributed by atoms with van der Waals surface area (Å²) in [6.07, 6.45) is -0.454. The van der Waals surface area contributed by atoms with Crippen LogP contribution in [0.1, 0.15) is 27.7 Å². The zero-order valence-corrected chi connectivity index (χ0v) is 20.0. The monoisotopic (exact) mass is 467 g/mol. The molecule has 0 aromatic rings. The van der Waals surface area contributed by atoms with Crippen molar-refractivity contribution in [1.82, 2.24) is 5.32 Å². The maximum absolute atomic E-state index is 11.4. The lowest BCUT2D eigenvalue weighted by molar-refractivity contribution is -0.142. The number of carbonyl (C=O) groups is 2. The summed E-state index contributed by atoms with van der Waals surface area (Å²) < 4.78 is 41.9. The molecule has 0 atom stereocenters. The third-order valence-electron chi connectivity index (χ3n) is 3.31. The van der Waals surface area contributed by atoms with Crippen LogP contribution in [0.4, 0.5) is 4.79 Å². The first-order valence-corrected chi connectivity index (χ1v) is 10.9. The van der Waals surface area contributed by atoms with E-state index in [1.807, 2.05) is 20.8 Å². The van der Waals surface area contributed by atoms with E-state index in [1.54, 1.807) is 0 Å². The van der Waals surface area contributed by atoms with Crippen molar-refractivity contribution < 1.29 is 47.5 Å². The number of ether oxygens (including phenoxy) is 8. The summed E-state index contributed by atoms with van der Waals surface area (Å²) in [7, 11) is 0. The number of esters is 1. The molecule has 0 spiro atoms. The minimum atomic E-state index is -0.507. The Labute approximate surface area is 191 Å². The van der Waals surface area contributed by atoms with Crippen LogP contribution in [-0.4, -0.2) is 110 Å².